The van der Waals surface area contributed by atoms with Crippen molar-refractivity contribution in [2.45, 2.75) is 5.59 Å². The molecule has 0 radical (unpaired) electrons. The van der Waals surface area contributed by atoms with Gasteiger partial charge < -0.3 is 24.3 Å². The number of rotatable bonds is 4. The minimum Gasteiger partial charge on any atom is -0.465 e. The Kier molecular flexibility index (Phi) is 4.54. The molecule has 1 aromatic carbocycles. The maximum absolute atomic E-state index is 10.9. The topological polar surface area (TPSA) is 124 Å². The normalized spacial score (nSPS) is 12.8. The molecular formula is C7H9BrO7P2. The van der Waals surface area contributed by atoms with E-state index in [-0.39, 0.29) is 5.75 Å². The minimum absolute atomic E-state index is 0.0511. The molecule has 0 heterocycles. The number of ether oxygens (including phenoxy) is 1. The fraction of sp³-hybridized carbons (Fsp3) is 0.143. The second kappa shape index (κ2) is 5.20. The van der Waals surface area contributed by atoms with Crippen molar-refractivity contribution in [2.75, 3.05) is 0 Å². The molecule has 96 valence electrons. The van der Waals surface area contributed by atoms with Crippen LogP contribution in [0.15, 0.2) is 28.7 Å². The summed E-state index contributed by atoms with van der Waals surface area (Å²) >= 11 is 3.13. The standard InChI is InChI=1S/C7H9BrO7P2/c8-5-1-3-6(4-2-5)15-7(16(9,10)11)17(12,13)14/h1-4,7H,(H2,9,10,11)(H2,12,13,14). The second-order valence-electron chi connectivity index (χ2n) is 3.08. The van der Waals surface area contributed by atoms with E-state index in [0.29, 0.717) is 4.47 Å². The van der Waals surface area contributed by atoms with Crippen molar-refractivity contribution in [3.8, 4) is 5.75 Å². The summed E-state index contributed by atoms with van der Waals surface area (Å²) in [5, 5.41) is 0. The van der Waals surface area contributed by atoms with Crippen molar-refractivity contribution in [2.24, 2.45) is 0 Å². The van der Waals surface area contributed by atoms with E-state index in [9.17, 15) is 9.13 Å². The molecule has 1 rings (SSSR count). The third-order valence-corrected chi connectivity index (χ3v) is 5.33. The van der Waals surface area contributed by atoms with E-state index in [0.717, 1.165) is 0 Å². The molecule has 0 amide bonds. The minimum atomic E-state index is -5.07. The zero-order chi connectivity index (χ0) is 13.3. The number of hydrogen-bond donors (Lipinski definition) is 4. The molecule has 0 saturated carbocycles. The molecule has 0 bridgehead atoms. The van der Waals surface area contributed by atoms with Crippen LogP contribution in [0.25, 0.3) is 0 Å². The van der Waals surface area contributed by atoms with Gasteiger partial charge in [0.25, 0.3) is 5.59 Å². The zero-order valence-electron chi connectivity index (χ0n) is 8.17. The van der Waals surface area contributed by atoms with Gasteiger partial charge in [-0.2, -0.15) is 0 Å². The number of hydrogen-bond acceptors (Lipinski definition) is 3. The Morgan fingerprint density at radius 1 is 1.00 bits per heavy atom. The monoisotopic (exact) mass is 346 g/mol. The van der Waals surface area contributed by atoms with E-state index in [4.69, 9.17) is 19.6 Å². The van der Waals surface area contributed by atoms with Gasteiger partial charge in [-0.1, -0.05) is 15.9 Å². The Morgan fingerprint density at radius 3 is 1.76 bits per heavy atom. The Morgan fingerprint density at radius 2 is 1.41 bits per heavy atom. The van der Waals surface area contributed by atoms with Crippen LogP contribution in [0.1, 0.15) is 0 Å². The first-order valence-electron chi connectivity index (χ1n) is 4.13. The highest BCUT2D eigenvalue weighted by Crippen LogP contribution is 2.60. The first kappa shape index (κ1) is 14.9. The van der Waals surface area contributed by atoms with E-state index in [1.54, 1.807) is 0 Å². The number of benzene rings is 1. The van der Waals surface area contributed by atoms with Crippen LogP contribution in [0.3, 0.4) is 0 Å². The predicted molar refractivity (Wildman–Crippen MR) is 62.6 cm³/mol. The van der Waals surface area contributed by atoms with Gasteiger partial charge in [-0.05, 0) is 24.3 Å². The van der Waals surface area contributed by atoms with Crippen molar-refractivity contribution in [3.63, 3.8) is 0 Å². The molecule has 0 spiro atoms. The molecule has 0 fully saturated rings. The van der Waals surface area contributed by atoms with E-state index in [1.807, 2.05) is 0 Å². The number of halogens is 1. The van der Waals surface area contributed by atoms with Crippen LogP contribution in [-0.4, -0.2) is 25.2 Å². The van der Waals surface area contributed by atoms with Crippen molar-refractivity contribution in [3.05, 3.63) is 28.7 Å². The summed E-state index contributed by atoms with van der Waals surface area (Å²) in [4.78, 5) is 35.3. The van der Waals surface area contributed by atoms with Gasteiger partial charge in [0.2, 0.25) is 0 Å². The summed E-state index contributed by atoms with van der Waals surface area (Å²) in [6, 6.07) is 5.66. The van der Waals surface area contributed by atoms with Crippen LogP contribution in [0.4, 0.5) is 0 Å². The Hall–Kier alpha value is -0.200. The van der Waals surface area contributed by atoms with Crippen LogP contribution in [0.2, 0.25) is 0 Å². The van der Waals surface area contributed by atoms with Crippen molar-refractivity contribution in [1.82, 2.24) is 0 Å². The van der Waals surface area contributed by atoms with Crippen LogP contribution >= 0.6 is 31.1 Å². The van der Waals surface area contributed by atoms with Gasteiger partial charge >= 0.3 is 15.2 Å². The van der Waals surface area contributed by atoms with Gasteiger partial charge in [-0.15, -0.1) is 0 Å². The smallest absolute Gasteiger partial charge is 0.378 e. The fourth-order valence-corrected chi connectivity index (χ4v) is 3.32. The average Bonchev–Trinajstić information content (AvgIpc) is 2.13. The van der Waals surface area contributed by atoms with Gasteiger partial charge in [0.15, 0.2) is 0 Å². The zero-order valence-corrected chi connectivity index (χ0v) is 11.5. The highest BCUT2D eigenvalue weighted by atomic mass is 79.9. The average molecular weight is 347 g/mol. The molecule has 0 aromatic heterocycles. The summed E-state index contributed by atoms with van der Waals surface area (Å²) in [6.07, 6.45) is 0. The quantitative estimate of drug-likeness (QED) is 0.608. The molecule has 0 aliphatic heterocycles. The summed E-state index contributed by atoms with van der Waals surface area (Å²) in [5.74, 6) is -0.0511. The predicted octanol–water partition coefficient (Wildman–Crippen LogP) is 1.47. The van der Waals surface area contributed by atoms with Crippen LogP contribution in [-0.2, 0) is 9.13 Å². The molecule has 0 saturated heterocycles. The first-order valence-corrected chi connectivity index (χ1v) is 8.29. The lowest BCUT2D eigenvalue weighted by Gasteiger charge is -2.20. The van der Waals surface area contributed by atoms with Gasteiger partial charge in [-0.25, -0.2) is 0 Å². The summed E-state index contributed by atoms with van der Waals surface area (Å²) in [5.41, 5.74) is -2.49. The van der Waals surface area contributed by atoms with Crippen molar-refractivity contribution >= 4 is 31.1 Å². The fourth-order valence-electron chi connectivity index (χ4n) is 0.968. The molecule has 0 unspecified atom stereocenters. The SMILES string of the molecule is O=P(O)(O)C(Oc1ccc(Br)cc1)P(=O)(O)O. The molecule has 1 aromatic rings. The van der Waals surface area contributed by atoms with Crippen molar-refractivity contribution < 1.29 is 33.4 Å². The maximum atomic E-state index is 10.9. The second-order valence-corrected chi connectivity index (χ2v) is 7.69. The maximum Gasteiger partial charge on any atom is 0.378 e. The summed E-state index contributed by atoms with van der Waals surface area (Å²) < 4.78 is 27.2. The molecule has 7 nitrogen and oxygen atoms in total. The van der Waals surface area contributed by atoms with E-state index >= 15 is 0 Å². The van der Waals surface area contributed by atoms with Crippen molar-refractivity contribution in [1.29, 1.82) is 0 Å². The Bertz CT molecular complexity index is 454. The van der Waals surface area contributed by atoms with Gasteiger partial charge in [0.1, 0.15) is 5.75 Å². The van der Waals surface area contributed by atoms with Gasteiger partial charge in [-0.3, -0.25) is 9.13 Å². The molecule has 10 heteroatoms. The Labute approximate surface area is 105 Å². The third kappa shape index (κ3) is 4.52. The highest BCUT2D eigenvalue weighted by molar-refractivity contribution is 9.10. The van der Waals surface area contributed by atoms with Crippen LogP contribution < -0.4 is 4.74 Å². The third-order valence-electron chi connectivity index (χ3n) is 1.63. The van der Waals surface area contributed by atoms with Crippen LogP contribution in [0.5, 0.6) is 5.75 Å². The largest absolute Gasteiger partial charge is 0.465 e. The van der Waals surface area contributed by atoms with Crippen LogP contribution in [0, 0.1) is 0 Å². The molecule has 0 aliphatic carbocycles. The van der Waals surface area contributed by atoms with E-state index < -0.39 is 20.8 Å². The molecule has 4 N–H and O–H groups in total. The van der Waals surface area contributed by atoms with E-state index in [1.165, 1.54) is 24.3 Å². The summed E-state index contributed by atoms with van der Waals surface area (Å²) in [7, 11) is -10.1. The molecular weight excluding hydrogens is 338 g/mol. The molecule has 0 atom stereocenters. The lowest BCUT2D eigenvalue weighted by molar-refractivity contribution is 0.236. The van der Waals surface area contributed by atoms with Gasteiger partial charge in [0, 0.05) is 4.47 Å². The Balaban J connectivity index is 3.00. The molecule has 0 aliphatic rings. The van der Waals surface area contributed by atoms with Gasteiger partial charge in [0.05, 0.1) is 0 Å². The lowest BCUT2D eigenvalue weighted by Crippen LogP contribution is -2.17. The summed E-state index contributed by atoms with van der Waals surface area (Å²) in [6.45, 7) is 0. The highest BCUT2D eigenvalue weighted by Gasteiger charge is 2.45. The first-order chi connectivity index (χ1) is 7.60. The van der Waals surface area contributed by atoms with E-state index in [2.05, 4.69) is 20.7 Å². The molecule has 17 heavy (non-hydrogen) atoms. The lowest BCUT2D eigenvalue weighted by atomic mass is 10.3.